The Morgan fingerprint density at radius 3 is 0.849 bits per heavy atom. The zero-order chi connectivity index (χ0) is 70.3. The van der Waals surface area contributed by atoms with Crippen molar-refractivity contribution in [1.82, 2.24) is 14.2 Å². The molecule has 0 spiro atoms. The first kappa shape index (κ1) is 87.9. The number of ether oxygens (including phenoxy) is 8. The van der Waals surface area contributed by atoms with Crippen molar-refractivity contribution < 1.29 is 118 Å². The van der Waals surface area contributed by atoms with Crippen molar-refractivity contribution in [2.75, 3.05) is 145 Å². The predicted octanol–water partition coefficient (Wildman–Crippen LogP) is 4.36. The van der Waals surface area contributed by atoms with Gasteiger partial charge in [0, 0.05) is 76.0 Å². The van der Waals surface area contributed by atoms with Gasteiger partial charge in [-0.15, -0.1) is 0 Å². The Labute approximate surface area is 544 Å². The maximum Gasteiger partial charge on any atom is 0.449 e. The van der Waals surface area contributed by atoms with Crippen molar-refractivity contribution in [3.8, 4) is 11.5 Å². The minimum absolute atomic E-state index is 0.00133. The average Bonchev–Trinajstić information content (AvgIpc) is 1.02. The van der Waals surface area contributed by atoms with Gasteiger partial charge < -0.3 is 65.3 Å². The molecule has 0 radical (unpaired) electrons. The molecule has 0 fully saturated rings. The second-order valence-electron chi connectivity index (χ2n) is 18.6. The third kappa shape index (κ3) is 45.9. The highest BCUT2D eigenvalue weighted by atomic mass is 35.7. The molecule has 4 aromatic rings. The average molecular weight is 1440 g/mol. The van der Waals surface area contributed by atoms with Gasteiger partial charge in [0.25, 0.3) is 9.05 Å². The molecule has 0 saturated carbocycles. The summed E-state index contributed by atoms with van der Waals surface area (Å²) in [6, 6.07) is 23.1. The van der Waals surface area contributed by atoms with E-state index in [0.717, 1.165) is 11.1 Å². The monoisotopic (exact) mass is 1440 g/mol. The van der Waals surface area contributed by atoms with Crippen LogP contribution in [0.2, 0.25) is 0 Å². The van der Waals surface area contributed by atoms with Gasteiger partial charge in [-0.25, -0.2) is 47.8 Å². The highest BCUT2D eigenvalue weighted by Crippen LogP contribution is 2.20. The zero-order valence-corrected chi connectivity index (χ0v) is 55.4. The largest absolute Gasteiger partial charge is 0.508 e. The first-order valence-corrected chi connectivity index (χ1v) is 35.1. The molecule has 0 amide bonds. The van der Waals surface area contributed by atoms with E-state index in [0.29, 0.717) is 72.5 Å². The number of aromatic hydroxyl groups is 2. The number of ketones is 2. The van der Waals surface area contributed by atoms with E-state index in [9.17, 15) is 69.6 Å². The second kappa shape index (κ2) is 49.5. The first-order chi connectivity index (χ1) is 43.7. The normalized spacial score (nSPS) is 11.8. The van der Waals surface area contributed by atoms with Crippen molar-refractivity contribution in [3.63, 3.8) is 0 Å². The van der Waals surface area contributed by atoms with Gasteiger partial charge in [-0.1, -0.05) is 35.4 Å². The van der Waals surface area contributed by atoms with Gasteiger partial charge in [0.1, 0.15) is 11.5 Å². The quantitative estimate of drug-likeness (QED) is 0.0174. The van der Waals surface area contributed by atoms with Crippen LogP contribution in [0.15, 0.2) is 117 Å². The highest BCUT2D eigenvalue weighted by Gasteiger charge is 2.38. The predicted molar refractivity (Wildman–Crippen MR) is 331 cm³/mol. The fourth-order valence-electron chi connectivity index (χ4n) is 6.15. The van der Waals surface area contributed by atoms with Crippen LogP contribution < -0.4 is 31.4 Å². The Bertz CT molecular complexity index is 2970. The number of nitrogens with two attached hydrogens (primary N) is 3. The number of Topliss-reactive ketones (excluding diaryl/α,β-unsaturated/α-hetero) is 2. The number of phenolic OH excluding ortho intramolecular Hbond substituents is 2. The molecule has 4 aromatic carbocycles. The maximum atomic E-state index is 11.9. The minimum Gasteiger partial charge on any atom is -0.508 e. The van der Waals surface area contributed by atoms with Gasteiger partial charge in [-0.2, -0.15) is 26.3 Å². The van der Waals surface area contributed by atoms with Crippen LogP contribution in [0.1, 0.15) is 36.8 Å². The number of hydrogen-bond donors (Lipinski definition) is 8. The van der Waals surface area contributed by atoms with Crippen LogP contribution in [0.4, 0.5) is 26.3 Å². The molecule has 0 aliphatic rings. The van der Waals surface area contributed by atoms with E-state index >= 15 is 0 Å². The van der Waals surface area contributed by atoms with Crippen LogP contribution in [0.3, 0.4) is 0 Å². The van der Waals surface area contributed by atoms with Gasteiger partial charge in [-0.05, 0) is 99.5 Å². The molecule has 0 atom stereocenters. The van der Waals surface area contributed by atoms with Crippen molar-refractivity contribution in [1.29, 1.82) is 0 Å². The van der Waals surface area contributed by atoms with Crippen molar-refractivity contribution in [2.45, 2.75) is 71.5 Å². The Hall–Kier alpha value is -5.07. The summed E-state index contributed by atoms with van der Waals surface area (Å²) in [5.41, 5.74) is 17.7. The van der Waals surface area contributed by atoms with Gasteiger partial charge in [0.2, 0.25) is 41.6 Å². The molecule has 0 heterocycles. The van der Waals surface area contributed by atoms with Crippen molar-refractivity contribution in [2.24, 2.45) is 17.2 Å². The molecule has 0 bridgehead atoms. The number of sulfonamides is 3. The lowest BCUT2D eigenvalue weighted by Crippen LogP contribution is -2.27. The summed E-state index contributed by atoms with van der Waals surface area (Å²) in [5, 5.41) is 18.2. The molecule has 93 heavy (non-hydrogen) atoms. The van der Waals surface area contributed by atoms with E-state index in [1.807, 2.05) is 13.8 Å². The summed E-state index contributed by atoms with van der Waals surface area (Å²) in [4.78, 5) is 21.6. The number of benzene rings is 4. The number of alkyl halides is 6. The minimum atomic E-state index is -4.81. The van der Waals surface area contributed by atoms with Crippen LogP contribution in [-0.2, 0) is 86.6 Å². The molecule has 0 aromatic heterocycles. The number of carbonyl (C=O) groups excluding carboxylic acids is 2. The smallest absolute Gasteiger partial charge is 0.449 e. The van der Waals surface area contributed by atoms with Gasteiger partial charge >= 0.3 is 12.4 Å². The summed E-state index contributed by atoms with van der Waals surface area (Å²) in [7, 11) is -9.32. The Kier molecular flexibility index (Phi) is 46.8. The van der Waals surface area contributed by atoms with Gasteiger partial charge in [-0.3, -0.25) is 9.59 Å². The van der Waals surface area contributed by atoms with E-state index in [1.54, 1.807) is 36.4 Å². The first-order valence-electron chi connectivity index (χ1n) is 28.3. The van der Waals surface area contributed by atoms with Crippen molar-refractivity contribution in [3.05, 3.63) is 108 Å². The standard InChI is InChI=1S/2C15H20F3NO6S.C13H22N2O4S.C7H7ClO2S.C6H16N2O2/c2*16-15(17,18)14(21)2-1-8-24-10-11-25-9-7-19-26(22,23)13-5-3-12(20)4-6-13;1-12-2-4-13(5-3-12)20(16,17)15-7-9-19-11-10-18-8-6-14;1-6-2-4-7(5-3-6)11(8,9)10;7-1-3-9-5-6-10-4-2-8/h2*3-6,19-20H,1-2,7-11H2;2-5,15H,6-11,14H2,1H3;2-5H,1H3;1-8H2. The van der Waals surface area contributed by atoms with Crippen LogP contribution >= 0.6 is 10.7 Å². The molecule has 0 aliphatic carbocycles. The third-order valence-corrected chi connectivity index (χ3v) is 16.6. The van der Waals surface area contributed by atoms with Gasteiger partial charge in [0.15, 0.2) is 0 Å². The number of hydrogen-bond acceptors (Lipinski definition) is 23. The van der Waals surface area contributed by atoms with E-state index in [1.165, 1.54) is 60.7 Å². The number of rotatable bonds is 42. The topological polar surface area (TPSA) is 399 Å². The van der Waals surface area contributed by atoms with Crippen LogP contribution in [0.25, 0.3) is 0 Å². The van der Waals surface area contributed by atoms with E-state index < -0.39 is 75.9 Å². The molecule has 37 heteroatoms. The second-order valence-corrected chi connectivity index (χ2v) is 26.4. The van der Waals surface area contributed by atoms with E-state index in [2.05, 4.69) is 14.2 Å². The van der Waals surface area contributed by atoms with Crippen LogP contribution in [0.5, 0.6) is 11.5 Å². The van der Waals surface area contributed by atoms with Gasteiger partial charge in [0.05, 0.1) is 112 Å². The molecule has 4 rings (SSSR count). The van der Waals surface area contributed by atoms with Crippen LogP contribution in [0, 0.1) is 13.8 Å². The molecule has 26 nitrogen and oxygen atoms in total. The summed E-state index contributed by atoms with van der Waals surface area (Å²) < 4.78 is 212. The third-order valence-electron chi connectivity index (χ3n) is 10.8. The lowest BCUT2D eigenvalue weighted by atomic mass is 10.2. The molecule has 532 valence electrons. The fourth-order valence-corrected chi connectivity index (χ4v) is 9.96. The molecule has 11 N–H and O–H groups in total. The fraction of sp³-hybridized carbons (Fsp3) is 0.536. The number of halogens is 7. The number of carbonyl (C=O) groups is 2. The molecule has 0 saturated heterocycles. The van der Waals surface area contributed by atoms with E-state index in [-0.39, 0.29) is 116 Å². The van der Waals surface area contributed by atoms with E-state index in [4.69, 9.17) is 76.0 Å². The molecular weight excluding hydrogens is 1350 g/mol. The molecule has 0 unspecified atom stereocenters. The number of phenols is 2. The zero-order valence-electron chi connectivity index (χ0n) is 51.4. The number of nitrogens with one attached hydrogen (secondary N) is 3. The Morgan fingerprint density at radius 2 is 0.613 bits per heavy atom. The summed E-state index contributed by atoms with van der Waals surface area (Å²) in [5.74, 6) is -3.65. The summed E-state index contributed by atoms with van der Waals surface area (Å²) >= 11 is 0. The number of aryl methyl sites for hydroxylation is 2. The Morgan fingerprint density at radius 1 is 0.387 bits per heavy atom. The summed E-state index contributed by atoms with van der Waals surface area (Å²) in [6.07, 6.45) is -10.9. The highest BCUT2D eigenvalue weighted by molar-refractivity contribution is 8.13. The molecular formula is C56H85ClF6N6O20S4. The summed E-state index contributed by atoms with van der Waals surface area (Å²) in [6.45, 7) is 10.4. The van der Waals surface area contributed by atoms with Crippen molar-refractivity contribution >= 4 is 61.4 Å². The maximum absolute atomic E-state index is 11.9. The Balaban J connectivity index is 0.00000119. The van der Waals surface area contributed by atoms with Crippen LogP contribution in [-0.4, -0.2) is 213 Å². The molecule has 0 aliphatic heterocycles. The lowest BCUT2D eigenvalue weighted by molar-refractivity contribution is -0.171. The lowest BCUT2D eigenvalue weighted by Gasteiger charge is -2.08. The SMILES string of the molecule is Cc1ccc(S(=O)(=O)Cl)cc1.Cc1ccc(S(=O)(=O)NCCOCCOCCN)cc1.NCCOCCOCCN.O=C(CCCOCCOCCNS(=O)(=O)c1ccc(O)cc1)C(F)(F)F.O=C(CCCOCCOCCNS(=O)(=O)c1ccc(O)cc1)C(F)(F)F.